The number of hydrogen-bond acceptors (Lipinski definition) is 3. The van der Waals surface area contributed by atoms with Crippen LogP contribution in [0.25, 0.3) is 0 Å². The normalized spacial score (nSPS) is 18.0. The van der Waals surface area contributed by atoms with Gasteiger partial charge < -0.3 is 4.90 Å². The average Bonchev–Trinajstić information content (AvgIpc) is 2.64. The van der Waals surface area contributed by atoms with Gasteiger partial charge in [0.25, 0.3) is 0 Å². The molecule has 1 unspecified atom stereocenters. The third kappa shape index (κ3) is 1.44. The van der Waals surface area contributed by atoms with Crippen LogP contribution < -0.4 is 4.90 Å². The van der Waals surface area contributed by atoms with Crippen molar-refractivity contribution in [2.75, 3.05) is 4.90 Å². The molecule has 0 aliphatic carbocycles. The Kier molecular flexibility index (Phi) is 2.40. The number of nitrogens with zero attached hydrogens (tertiary/aromatic N) is 2. The lowest BCUT2D eigenvalue weighted by Crippen LogP contribution is -2.28. The maximum Gasteiger partial charge on any atom is 0.187 e. The molecule has 2 aromatic rings. The van der Waals surface area contributed by atoms with Crippen LogP contribution in [0.5, 0.6) is 0 Å². The minimum absolute atomic E-state index is 0.175. The zero-order valence-corrected chi connectivity index (χ0v) is 10.4. The summed E-state index contributed by atoms with van der Waals surface area (Å²) in [5.74, 6) is 0.997. The Morgan fingerprint density at radius 2 is 2.00 bits per heavy atom. The van der Waals surface area contributed by atoms with E-state index >= 15 is 0 Å². The third-order valence-electron chi connectivity index (χ3n) is 3.42. The van der Waals surface area contributed by atoms with Gasteiger partial charge in [0.05, 0.1) is 11.7 Å². The molecule has 1 aromatic heterocycles. The van der Waals surface area contributed by atoms with Gasteiger partial charge in [-0.05, 0) is 37.6 Å². The fraction of sp³-hybridized carbons (Fsp3) is 0.200. The lowest BCUT2D eigenvalue weighted by atomic mass is 10.0. The van der Waals surface area contributed by atoms with Crippen molar-refractivity contribution in [1.82, 2.24) is 4.98 Å². The summed E-state index contributed by atoms with van der Waals surface area (Å²) in [5, 5.41) is 0. The molecule has 18 heavy (non-hydrogen) atoms. The molecule has 3 nitrogen and oxygen atoms in total. The van der Waals surface area contributed by atoms with Gasteiger partial charge in [-0.3, -0.25) is 4.79 Å². The highest BCUT2D eigenvalue weighted by atomic mass is 16.1. The van der Waals surface area contributed by atoms with Crippen molar-refractivity contribution in [3.05, 3.63) is 53.7 Å². The zero-order chi connectivity index (χ0) is 12.7. The summed E-state index contributed by atoms with van der Waals surface area (Å²) >= 11 is 0. The van der Waals surface area contributed by atoms with Gasteiger partial charge in [-0.15, -0.1) is 0 Å². The number of benzene rings is 1. The van der Waals surface area contributed by atoms with Crippen LogP contribution in [0.1, 0.15) is 22.8 Å². The number of aromatic nitrogens is 1. The summed E-state index contributed by atoms with van der Waals surface area (Å²) in [6.45, 7) is 3.90. The quantitative estimate of drug-likeness (QED) is 0.765. The summed E-state index contributed by atoms with van der Waals surface area (Å²) in [6, 6.07) is 11.5. The highest BCUT2D eigenvalue weighted by molar-refractivity contribution is 6.13. The van der Waals surface area contributed by atoms with E-state index in [1.807, 2.05) is 55.1 Å². The molecule has 0 radical (unpaired) electrons. The van der Waals surface area contributed by atoms with Gasteiger partial charge in [0.15, 0.2) is 5.78 Å². The number of Topliss-reactive ketones (excluding diaryl/α,β-unsaturated/α-hetero) is 1. The van der Waals surface area contributed by atoms with Gasteiger partial charge in [-0.1, -0.05) is 18.2 Å². The van der Waals surface area contributed by atoms with Crippen molar-refractivity contribution in [3.8, 4) is 0 Å². The number of anilines is 2. The molecule has 2 heterocycles. The van der Waals surface area contributed by atoms with E-state index in [2.05, 4.69) is 4.98 Å². The molecule has 1 atom stereocenters. The summed E-state index contributed by atoms with van der Waals surface area (Å²) in [7, 11) is 0. The molecule has 0 amide bonds. The third-order valence-corrected chi connectivity index (χ3v) is 3.42. The lowest BCUT2D eigenvalue weighted by Gasteiger charge is -2.22. The number of carbonyl (C=O) groups is 1. The largest absolute Gasteiger partial charge is 0.315 e. The van der Waals surface area contributed by atoms with Crippen LogP contribution in [0, 0.1) is 6.92 Å². The topological polar surface area (TPSA) is 33.2 Å². The van der Waals surface area contributed by atoms with E-state index in [0.29, 0.717) is 0 Å². The second-order valence-corrected chi connectivity index (χ2v) is 4.57. The Morgan fingerprint density at radius 1 is 1.17 bits per heavy atom. The first kappa shape index (κ1) is 11.0. The molecule has 1 aromatic carbocycles. The molecule has 0 saturated carbocycles. The van der Waals surface area contributed by atoms with Gasteiger partial charge >= 0.3 is 0 Å². The van der Waals surface area contributed by atoms with Gasteiger partial charge in [0.1, 0.15) is 5.82 Å². The molecule has 3 rings (SSSR count). The molecule has 0 N–H and O–H groups in total. The molecule has 0 spiro atoms. The number of fused-ring (bicyclic) bond motifs is 1. The van der Waals surface area contributed by atoms with E-state index in [0.717, 1.165) is 22.6 Å². The Hall–Kier alpha value is -2.16. The molecule has 90 valence electrons. The second kappa shape index (κ2) is 3.95. The number of rotatable bonds is 1. The van der Waals surface area contributed by atoms with Crippen molar-refractivity contribution in [2.24, 2.45) is 0 Å². The first-order valence-corrected chi connectivity index (χ1v) is 6.04. The van der Waals surface area contributed by atoms with Crippen molar-refractivity contribution >= 4 is 17.3 Å². The van der Waals surface area contributed by atoms with Crippen molar-refractivity contribution < 1.29 is 4.79 Å². The smallest absolute Gasteiger partial charge is 0.187 e. The number of hydrogen-bond donors (Lipinski definition) is 0. The Balaban J connectivity index is 2.20. The summed E-state index contributed by atoms with van der Waals surface area (Å²) < 4.78 is 0. The Bertz CT molecular complexity index is 607. The monoisotopic (exact) mass is 238 g/mol. The van der Waals surface area contributed by atoms with Crippen LogP contribution in [0.2, 0.25) is 0 Å². The molecule has 3 heteroatoms. The van der Waals surface area contributed by atoms with Gasteiger partial charge in [-0.2, -0.15) is 0 Å². The highest BCUT2D eigenvalue weighted by Gasteiger charge is 2.36. The maximum absolute atomic E-state index is 12.3. The van der Waals surface area contributed by atoms with Crippen LogP contribution in [0.15, 0.2) is 42.6 Å². The van der Waals surface area contributed by atoms with E-state index in [4.69, 9.17) is 0 Å². The van der Waals surface area contributed by atoms with Crippen LogP contribution in [0.3, 0.4) is 0 Å². The minimum Gasteiger partial charge on any atom is -0.315 e. The van der Waals surface area contributed by atoms with Gasteiger partial charge in [0.2, 0.25) is 0 Å². The van der Waals surface area contributed by atoms with Crippen LogP contribution in [-0.4, -0.2) is 16.8 Å². The molecule has 0 saturated heterocycles. The van der Waals surface area contributed by atoms with E-state index in [1.54, 1.807) is 6.20 Å². The standard InChI is InChI=1S/C15H14N2O/c1-10-6-5-7-12-14(10)15(18)11(2)17(12)13-8-3-4-9-16-13/h3-9,11H,1-2H3. The van der Waals surface area contributed by atoms with Gasteiger partial charge in [-0.25, -0.2) is 4.98 Å². The Labute approximate surface area is 106 Å². The molecule has 1 aliphatic rings. The van der Waals surface area contributed by atoms with Crippen molar-refractivity contribution in [3.63, 3.8) is 0 Å². The average molecular weight is 238 g/mol. The number of ketones is 1. The van der Waals surface area contributed by atoms with E-state index in [1.165, 1.54) is 0 Å². The fourth-order valence-electron chi connectivity index (χ4n) is 2.53. The number of aryl methyl sites for hydroxylation is 1. The summed E-state index contributed by atoms with van der Waals surface area (Å²) in [5.41, 5.74) is 2.82. The molecule has 0 fully saturated rings. The van der Waals surface area contributed by atoms with Crippen molar-refractivity contribution in [2.45, 2.75) is 19.9 Å². The van der Waals surface area contributed by atoms with Gasteiger partial charge in [0, 0.05) is 11.8 Å². The summed E-state index contributed by atoms with van der Waals surface area (Å²) in [6.07, 6.45) is 1.75. The number of pyridine rings is 1. The molecular weight excluding hydrogens is 224 g/mol. The number of carbonyl (C=O) groups excluding carboxylic acids is 1. The van der Waals surface area contributed by atoms with Crippen molar-refractivity contribution in [1.29, 1.82) is 0 Å². The van der Waals surface area contributed by atoms with E-state index < -0.39 is 0 Å². The summed E-state index contributed by atoms with van der Waals surface area (Å²) in [4.78, 5) is 18.7. The van der Waals surface area contributed by atoms with E-state index in [9.17, 15) is 4.79 Å². The fourth-order valence-corrected chi connectivity index (χ4v) is 2.53. The first-order valence-electron chi connectivity index (χ1n) is 6.04. The van der Waals surface area contributed by atoms with Crippen LogP contribution >= 0.6 is 0 Å². The minimum atomic E-state index is -0.184. The Morgan fingerprint density at radius 3 is 2.72 bits per heavy atom. The lowest BCUT2D eigenvalue weighted by molar-refractivity contribution is 0.0979. The molecular formula is C15H14N2O. The maximum atomic E-state index is 12.3. The van der Waals surface area contributed by atoms with E-state index in [-0.39, 0.29) is 11.8 Å². The predicted octanol–water partition coefficient (Wildman–Crippen LogP) is 3.11. The SMILES string of the molecule is Cc1cccc2c1C(=O)C(C)N2c1ccccn1. The first-order chi connectivity index (χ1) is 8.70. The predicted molar refractivity (Wildman–Crippen MR) is 71.3 cm³/mol. The van der Waals surface area contributed by atoms with Crippen LogP contribution in [-0.2, 0) is 0 Å². The second-order valence-electron chi connectivity index (χ2n) is 4.57. The molecule has 0 bridgehead atoms. The van der Waals surface area contributed by atoms with Crippen LogP contribution in [0.4, 0.5) is 11.5 Å². The zero-order valence-electron chi connectivity index (χ0n) is 10.4. The highest BCUT2D eigenvalue weighted by Crippen LogP contribution is 2.38. The molecule has 1 aliphatic heterocycles.